The molecule has 0 aliphatic carbocycles. The molecule has 0 saturated heterocycles. The summed E-state index contributed by atoms with van der Waals surface area (Å²) in [6.07, 6.45) is 0. The maximum Gasteiger partial charge on any atom is 0.251 e. The van der Waals surface area contributed by atoms with Gasteiger partial charge in [-0.1, -0.05) is 22.0 Å². The number of carbonyl (C=O) groups is 1. The number of nitrogens with one attached hydrogen (secondary N) is 1. The van der Waals surface area contributed by atoms with Crippen LogP contribution in [0.1, 0.15) is 22.8 Å². The van der Waals surface area contributed by atoms with Gasteiger partial charge in [0.05, 0.1) is 6.54 Å². The van der Waals surface area contributed by atoms with E-state index in [0.717, 1.165) is 16.6 Å². The molecule has 0 aliphatic heterocycles. The Labute approximate surface area is 135 Å². The largest absolute Gasteiger partial charge is 0.383 e. The maximum atomic E-state index is 13.7. The Kier molecular flexibility index (Phi) is 4.93. The molecule has 6 heteroatoms. The third-order valence-electron chi connectivity index (χ3n) is 3.21. The fourth-order valence-electron chi connectivity index (χ4n) is 1.98. The standard InChI is InChI=1S/C16H14BrF2NO2/c1-16(22,13-7-6-12(18)8-14(13)19)9-20-15(21)10-2-4-11(17)5-3-10/h2-8,22H,9H2,1H3,(H,20,21). The van der Waals surface area contributed by atoms with Crippen LogP contribution in [-0.4, -0.2) is 17.6 Å². The van der Waals surface area contributed by atoms with Crippen molar-refractivity contribution in [2.24, 2.45) is 0 Å². The molecule has 0 saturated carbocycles. The number of benzene rings is 2. The number of hydrogen-bond donors (Lipinski definition) is 2. The van der Waals surface area contributed by atoms with Crippen LogP contribution < -0.4 is 5.32 Å². The minimum absolute atomic E-state index is 0.0787. The summed E-state index contributed by atoms with van der Waals surface area (Å²) in [4.78, 5) is 12.0. The van der Waals surface area contributed by atoms with Crippen LogP contribution in [0.5, 0.6) is 0 Å². The Morgan fingerprint density at radius 2 is 1.86 bits per heavy atom. The van der Waals surface area contributed by atoms with Gasteiger partial charge in [0.25, 0.3) is 5.91 Å². The van der Waals surface area contributed by atoms with Gasteiger partial charge in [0.2, 0.25) is 0 Å². The SMILES string of the molecule is CC(O)(CNC(=O)c1ccc(Br)cc1)c1ccc(F)cc1F. The van der Waals surface area contributed by atoms with E-state index in [1.165, 1.54) is 6.92 Å². The van der Waals surface area contributed by atoms with Gasteiger partial charge >= 0.3 is 0 Å². The van der Waals surface area contributed by atoms with Crippen molar-refractivity contribution in [2.75, 3.05) is 6.54 Å². The predicted octanol–water partition coefficient (Wildman–Crippen LogP) is 3.36. The second-order valence-electron chi connectivity index (χ2n) is 5.09. The number of rotatable bonds is 4. The third-order valence-corrected chi connectivity index (χ3v) is 3.74. The van der Waals surface area contributed by atoms with Crippen LogP contribution in [-0.2, 0) is 5.60 Å². The van der Waals surface area contributed by atoms with Crippen LogP contribution in [0.3, 0.4) is 0 Å². The Bertz CT molecular complexity index is 687. The lowest BCUT2D eigenvalue weighted by Gasteiger charge is -2.24. The minimum atomic E-state index is -1.65. The Morgan fingerprint density at radius 3 is 2.45 bits per heavy atom. The first-order valence-corrected chi connectivity index (χ1v) is 7.30. The first kappa shape index (κ1) is 16.6. The van der Waals surface area contributed by atoms with Gasteiger partial charge in [-0.25, -0.2) is 8.78 Å². The maximum absolute atomic E-state index is 13.7. The number of halogens is 3. The molecule has 0 aromatic heterocycles. The zero-order chi connectivity index (χ0) is 16.3. The summed E-state index contributed by atoms with van der Waals surface area (Å²) >= 11 is 3.27. The van der Waals surface area contributed by atoms with Gasteiger partial charge < -0.3 is 10.4 Å². The van der Waals surface area contributed by atoms with Crippen molar-refractivity contribution in [2.45, 2.75) is 12.5 Å². The summed E-state index contributed by atoms with van der Waals surface area (Å²) < 4.78 is 27.5. The minimum Gasteiger partial charge on any atom is -0.383 e. The molecule has 116 valence electrons. The van der Waals surface area contributed by atoms with E-state index in [2.05, 4.69) is 21.2 Å². The highest BCUT2D eigenvalue weighted by molar-refractivity contribution is 9.10. The van der Waals surface area contributed by atoms with Gasteiger partial charge in [-0.2, -0.15) is 0 Å². The zero-order valence-electron chi connectivity index (χ0n) is 11.7. The molecule has 1 unspecified atom stereocenters. The summed E-state index contributed by atoms with van der Waals surface area (Å²) in [5, 5.41) is 12.8. The molecule has 2 rings (SSSR count). The molecule has 0 bridgehead atoms. The first-order valence-electron chi connectivity index (χ1n) is 6.51. The van der Waals surface area contributed by atoms with Crippen molar-refractivity contribution in [1.82, 2.24) is 5.32 Å². The smallest absolute Gasteiger partial charge is 0.251 e. The van der Waals surface area contributed by atoms with Crippen LogP contribution in [0.25, 0.3) is 0 Å². The lowest BCUT2D eigenvalue weighted by Crippen LogP contribution is -2.39. The van der Waals surface area contributed by atoms with E-state index in [1.807, 2.05) is 0 Å². The predicted molar refractivity (Wildman–Crippen MR) is 82.4 cm³/mol. The molecular formula is C16H14BrF2NO2. The van der Waals surface area contributed by atoms with Crippen molar-refractivity contribution >= 4 is 21.8 Å². The Morgan fingerprint density at radius 1 is 1.23 bits per heavy atom. The summed E-state index contributed by atoms with van der Waals surface area (Å²) in [5.74, 6) is -1.98. The van der Waals surface area contributed by atoms with Crippen molar-refractivity contribution in [3.05, 3.63) is 69.7 Å². The van der Waals surface area contributed by atoms with E-state index >= 15 is 0 Å². The second kappa shape index (κ2) is 6.54. The molecule has 0 radical (unpaired) electrons. The van der Waals surface area contributed by atoms with E-state index in [-0.39, 0.29) is 12.1 Å². The Balaban J connectivity index is 2.08. The van der Waals surface area contributed by atoms with Crippen molar-refractivity contribution in [3.8, 4) is 0 Å². The molecule has 0 fully saturated rings. The monoisotopic (exact) mass is 369 g/mol. The summed E-state index contributed by atoms with van der Waals surface area (Å²) in [6.45, 7) is 1.15. The van der Waals surface area contributed by atoms with Crippen LogP contribution >= 0.6 is 15.9 Å². The summed E-state index contributed by atoms with van der Waals surface area (Å²) in [6, 6.07) is 9.58. The number of hydrogen-bond acceptors (Lipinski definition) is 2. The molecule has 0 heterocycles. The highest BCUT2D eigenvalue weighted by atomic mass is 79.9. The van der Waals surface area contributed by atoms with E-state index in [9.17, 15) is 18.7 Å². The molecule has 2 aromatic rings. The lowest BCUT2D eigenvalue weighted by atomic mass is 9.95. The average Bonchev–Trinajstić information content (AvgIpc) is 2.45. The van der Waals surface area contributed by atoms with Crippen LogP contribution in [0, 0.1) is 11.6 Å². The summed E-state index contributed by atoms with van der Waals surface area (Å²) in [5.41, 5.74) is -1.31. The highest BCUT2D eigenvalue weighted by Crippen LogP contribution is 2.23. The Hall–Kier alpha value is -1.79. The highest BCUT2D eigenvalue weighted by Gasteiger charge is 2.27. The number of carbonyl (C=O) groups excluding carboxylic acids is 1. The van der Waals surface area contributed by atoms with Gasteiger partial charge in [-0.05, 0) is 37.3 Å². The van der Waals surface area contributed by atoms with Gasteiger partial charge in [0, 0.05) is 21.7 Å². The molecule has 3 nitrogen and oxygen atoms in total. The van der Waals surface area contributed by atoms with Crippen molar-refractivity contribution in [1.29, 1.82) is 0 Å². The molecular weight excluding hydrogens is 356 g/mol. The van der Waals surface area contributed by atoms with Crippen LogP contribution in [0.15, 0.2) is 46.9 Å². The van der Waals surface area contributed by atoms with Gasteiger partial charge in [0.15, 0.2) is 0 Å². The molecule has 1 atom stereocenters. The molecule has 22 heavy (non-hydrogen) atoms. The van der Waals surface area contributed by atoms with Gasteiger partial charge in [-0.3, -0.25) is 4.79 Å². The quantitative estimate of drug-likeness (QED) is 0.867. The third kappa shape index (κ3) is 3.90. The number of amides is 1. The van der Waals surface area contributed by atoms with Crippen molar-refractivity contribution < 1.29 is 18.7 Å². The topological polar surface area (TPSA) is 49.3 Å². The fourth-order valence-corrected chi connectivity index (χ4v) is 2.24. The van der Waals surface area contributed by atoms with Gasteiger partial charge in [0.1, 0.15) is 17.2 Å². The number of aliphatic hydroxyl groups is 1. The van der Waals surface area contributed by atoms with E-state index in [1.54, 1.807) is 24.3 Å². The van der Waals surface area contributed by atoms with Crippen LogP contribution in [0.2, 0.25) is 0 Å². The van der Waals surface area contributed by atoms with E-state index in [4.69, 9.17) is 0 Å². The molecule has 1 amide bonds. The van der Waals surface area contributed by atoms with E-state index < -0.39 is 23.1 Å². The lowest BCUT2D eigenvalue weighted by molar-refractivity contribution is 0.0494. The molecule has 2 aromatic carbocycles. The van der Waals surface area contributed by atoms with Crippen molar-refractivity contribution in [3.63, 3.8) is 0 Å². The fraction of sp³-hybridized carbons (Fsp3) is 0.188. The molecule has 2 N–H and O–H groups in total. The van der Waals surface area contributed by atoms with Gasteiger partial charge in [-0.15, -0.1) is 0 Å². The normalized spacial score (nSPS) is 13.5. The zero-order valence-corrected chi connectivity index (χ0v) is 13.3. The summed E-state index contributed by atoms with van der Waals surface area (Å²) in [7, 11) is 0. The molecule has 0 aliphatic rings. The molecule has 0 spiro atoms. The van der Waals surface area contributed by atoms with E-state index in [0.29, 0.717) is 11.6 Å². The van der Waals surface area contributed by atoms with Crippen LogP contribution in [0.4, 0.5) is 8.78 Å². The second-order valence-corrected chi connectivity index (χ2v) is 6.00. The average molecular weight is 370 g/mol. The first-order chi connectivity index (χ1) is 10.3.